The van der Waals surface area contributed by atoms with Crippen LogP contribution in [0.15, 0.2) is 18.2 Å². The molecule has 0 saturated heterocycles. The van der Waals surface area contributed by atoms with Crippen molar-refractivity contribution >= 4 is 11.8 Å². The van der Waals surface area contributed by atoms with Crippen LogP contribution in [0.5, 0.6) is 5.75 Å². The molecule has 1 aliphatic rings. The zero-order valence-corrected chi connectivity index (χ0v) is 14.5. The molecule has 1 fully saturated rings. The average molecular weight is 343 g/mol. The third-order valence-corrected chi connectivity index (χ3v) is 4.03. The summed E-state index contributed by atoms with van der Waals surface area (Å²) in [7, 11) is 1.50. The van der Waals surface area contributed by atoms with E-state index >= 15 is 0 Å². The van der Waals surface area contributed by atoms with Gasteiger partial charge in [-0.05, 0) is 38.8 Å². The highest BCUT2D eigenvalue weighted by Crippen LogP contribution is 2.24. The highest BCUT2D eigenvalue weighted by atomic mass is 16.5. The van der Waals surface area contributed by atoms with Crippen molar-refractivity contribution in [1.29, 1.82) is 0 Å². The Kier molecular flexibility index (Phi) is 4.69. The van der Waals surface area contributed by atoms with Gasteiger partial charge >= 0.3 is 0 Å². The van der Waals surface area contributed by atoms with E-state index in [2.05, 4.69) is 20.9 Å². The molecule has 0 bridgehead atoms. The van der Waals surface area contributed by atoms with Gasteiger partial charge < -0.3 is 15.4 Å². The van der Waals surface area contributed by atoms with Gasteiger partial charge in [-0.25, -0.2) is 4.68 Å². The quantitative estimate of drug-likeness (QED) is 0.822. The van der Waals surface area contributed by atoms with Gasteiger partial charge in [0.2, 0.25) is 0 Å². The first-order valence-corrected chi connectivity index (χ1v) is 8.25. The van der Waals surface area contributed by atoms with Crippen molar-refractivity contribution in [2.45, 2.75) is 32.7 Å². The van der Waals surface area contributed by atoms with Crippen molar-refractivity contribution in [2.24, 2.45) is 0 Å². The molecular formula is C17H21N5O3. The van der Waals surface area contributed by atoms with Crippen molar-refractivity contribution in [1.82, 2.24) is 25.6 Å². The molecule has 8 heteroatoms. The molecule has 8 nitrogen and oxygen atoms in total. The maximum atomic E-state index is 12.2. The Balaban J connectivity index is 1.90. The second kappa shape index (κ2) is 6.92. The van der Waals surface area contributed by atoms with Gasteiger partial charge in [0.15, 0.2) is 5.69 Å². The van der Waals surface area contributed by atoms with E-state index in [0.29, 0.717) is 34.9 Å². The van der Waals surface area contributed by atoms with Gasteiger partial charge in [0.1, 0.15) is 5.75 Å². The Morgan fingerprint density at radius 1 is 1.32 bits per heavy atom. The summed E-state index contributed by atoms with van der Waals surface area (Å²) in [5, 5.41) is 13.7. The number of nitrogens with one attached hydrogen (secondary N) is 2. The van der Waals surface area contributed by atoms with Gasteiger partial charge in [-0.3, -0.25) is 9.59 Å². The number of hydrogen-bond donors (Lipinski definition) is 2. The lowest BCUT2D eigenvalue weighted by Crippen LogP contribution is -2.26. The third-order valence-electron chi connectivity index (χ3n) is 4.03. The first-order chi connectivity index (χ1) is 12.0. The fraction of sp³-hybridized carbons (Fsp3) is 0.412. The summed E-state index contributed by atoms with van der Waals surface area (Å²) in [4.78, 5) is 24.3. The van der Waals surface area contributed by atoms with Gasteiger partial charge in [-0.2, -0.15) is 0 Å². The number of methoxy groups -OCH3 is 1. The minimum Gasteiger partial charge on any atom is -0.496 e. The number of nitrogens with zero attached hydrogens (tertiary/aromatic N) is 3. The molecule has 3 rings (SSSR count). The number of amides is 2. The van der Waals surface area contributed by atoms with Gasteiger partial charge in [0.25, 0.3) is 11.8 Å². The molecule has 1 aliphatic carbocycles. The van der Waals surface area contributed by atoms with E-state index in [0.717, 1.165) is 12.8 Å². The summed E-state index contributed by atoms with van der Waals surface area (Å²) in [5.41, 5.74) is 2.04. The predicted molar refractivity (Wildman–Crippen MR) is 91.1 cm³/mol. The molecule has 0 spiro atoms. The molecule has 1 aromatic heterocycles. The number of aromatic nitrogens is 3. The Labute approximate surface area is 145 Å². The Morgan fingerprint density at radius 3 is 2.72 bits per heavy atom. The molecule has 132 valence electrons. The molecule has 1 aromatic carbocycles. The number of ether oxygens (including phenoxy) is 1. The minimum atomic E-state index is -0.211. The molecule has 2 N–H and O–H groups in total. The number of rotatable bonds is 6. The summed E-state index contributed by atoms with van der Waals surface area (Å²) in [6.45, 7) is 4.17. The Bertz CT molecular complexity index is 811. The Morgan fingerprint density at radius 2 is 2.08 bits per heavy atom. The van der Waals surface area contributed by atoms with Crippen molar-refractivity contribution in [3.63, 3.8) is 0 Å². The SMILES string of the molecule is CCNC(=O)c1ccc(-n2nnc(C(=O)NC3CC3)c2C)cc1OC. The highest BCUT2D eigenvalue weighted by Gasteiger charge is 2.26. The molecule has 25 heavy (non-hydrogen) atoms. The van der Waals surface area contributed by atoms with Crippen LogP contribution >= 0.6 is 0 Å². The van der Waals surface area contributed by atoms with Gasteiger partial charge in [-0.1, -0.05) is 5.21 Å². The van der Waals surface area contributed by atoms with Crippen LogP contribution in [0.4, 0.5) is 0 Å². The summed E-state index contributed by atoms with van der Waals surface area (Å²) >= 11 is 0. The lowest BCUT2D eigenvalue weighted by atomic mass is 10.1. The number of hydrogen-bond acceptors (Lipinski definition) is 5. The molecule has 0 unspecified atom stereocenters. The zero-order valence-electron chi connectivity index (χ0n) is 14.5. The summed E-state index contributed by atoms with van der Waals surface area (Å²) < 4.78 is 6.89. The van der Waals surface area contributed by atoms with Crippen molar-refractivity contribution < 1.29 is 14.3 Å². The maximum absolute atomic E-state index is 12.2. The predicted octanol–water partition coefficient (Wildman–Crippen LogP) is 1.23. The van der Waals surface area contributed by atoms with E-state index in [4.69, 9.17) is 4.74 Å². The third kappa shape index (κ3) is 3.47. The van der Waals surface area contributed by atoms with Gasteiger partial charge in [0, 0.05) is 18.7 Å². The van der Waals surface area contributed by atoms with E-state index in [-0.39, 0.29) is 17.9 Å². The molecule has 0 aliphatic heterocycles. The van der Waals surface area contributed by atoms with Crippen molar-refractivity contribution in [2.75, 3.05) is 13.7 Å². The standard InChI is InChI=1S/C17H21N5O3/c1-4-18-16(23)13-8-7-12(9-14(13)25-3)22-10(2)15(20-21-22)17(24)19-11-5-6-11/h7-9,11H,4-6H2,1-3H3,(H,18,23)(H,19,24). The van der Waals surface area contributed by atoms with E-state index < -0.39 is 0 Å². The second-order valence-electron chi connectivity index (χ2n) is 5.93. The van der Waals surface area contributed by atoms with Gasteiger partial charge in [-0.15, -0.1) is 5.10 Å². The lowest BCUT2D eigenvalue weighted by molar-refractivity contribution is 0.0940. The largest absolute Gasteiger partial charge is 0.496 e. The smallest absolute Gasteiger partial charge is 0.273 e. The van der Waals surface area contributed by atoms with Crippen LogP contribution in [0.1, 0.15) is 46.3 Å². The fourth-order valence-electron chi connectivity index (χ4n) is 2.52. The highest BCUT2D eigenvalue weighted by molar-refractivity contribution is 5.97. The van der Waals surface area contributed by atoms with E-state index in [9.17, 15) is 9.59 Å². The van der Waals surface area contributed by atoms with Crippen LogP contribution < -0.4 is 15.4 Å². The van der Waals surface area contributed by atoms with E-state index in [1.807, 2.05) is 6.92 Å². The van der Waals surface area contributed by atoms with Crippen molar-refractivity contribution in [3.05, 3.63) is 35.2 Å². The number of carbonyl (C=O) groups excluding carboxylic acids is 2. The molecule has 2 amide bonds. The molecule has 0 radical (unpaired) electrons. The van der Waals surface area contributed by atoms with Crippen LogP contribution in [-0.4, -0.2) is 46.5 Å². The monoisotopic (exact) mass is 343 g/mol. The first kappa shape index (κ1) is 16.9. The lowest BCUT2D eigenvalue weighted by Gasteiger charge is -2.11. The van der Waals surface area contributed by atoms with Crippen LogP contribution in [0.2, 0.25) is 0 Å². The topological polar surface area (TPSA) is 98.1 Å². The second-order valence-corrected chi connectivity index (χ2v) is 5.93. The Hall–Kier alpha value is -2.90. The maximum Gasteiger partial charge on any atom is 0.273 e. The van der Waals surface area contributed by atoms with E-state index in [1.165, 1.54) is 7.11 Å². The zero-order chi connectivity index (χ0) is 18.0. The number of benzene rings is 1. The molecule has 2 aromatic rings. The molecule has 0 atom stereocenters. The summed E-state index contributed by atoms with van der Waals surface area (Å²) in [6.07, 6.45) is 2.02. The fourth-order valence-corrected chi connectivity index (χ4v) is 2.52. The molecular weight excluding hydrogens is 322 g/mol. The van der Waals surface area contributed by atoms with Crippen LogP contribution in [0.3, 0.4) is 0 Å². The average Bonchev–Trinajstić information content (AvgIpc) is 3.33. The summed E-state index contributed by atoms with van der Waals surface area (Å²) in [5.74, 6) is 0.0187. The normalized spacial score (nSPS) is 13.4. The van der Waals surface area contributed by atoms with Crippen LogP contribution in [0.25, 0.3) is 5.69 Å². The van der Waals surface area contributed by atoms with Crippen molar-refractivity contribution in [3.8, 4) is 11.4 Å². The molecule has 1 saturated carbocycles. The molecule has 1 heterocycles. The van der Waals surface area contributed by atoms with Crippen LogP contribution in [-0.2, 0) is 0 Å². The number of carbonyl (C=O) groups is 2. The minimum absolute atomic E-state index is 0.203. The summed E-state index contributed by atoms with van der Waals surface area (Å²) in [6, 6.07) is 5.38. The first-order valence-electron chi connectivity index (χ1n) is 8.25. The van der Waals surface area contributed by atoms with E-state index in [1.54, 1.807) is 29.8 Å². The van der Waals surface area contributed by atoms with Gasteiger partial charge in [0.05, 0.1) is 24.1 Å². The van der Waals surface area contributed by atoms with Crippen LogP contribution in [0, 0.1) is 6.92 Å².